The molecule has 8 nitrogen and oxygen atoms in total. The van der Waals surface area contributed by atoms with Gasteiger partial charge in [0.2, 0.25) is 0 Å². The lowest BCUT2D eigenvalue weighted by Gasteiger charge is -2.56. The topological polar surface area (TPSA) is 116 Å². The Balaban J connectivity index is 1.23. The minimum Gasteiger partial charge on any atom is -0.444 e. The van der Waals surface area contributed by atoms with Gasteiger partial charge in [-0.15, -0.1) is 0 Å². The molecule has 1 aromatic heterocycles. The van der Waals surface area contributed by atoms with Gasteiger partial charge in [-0.05, 0) is 94.1 Å². The number of rotatable bonds is 6. The number of benzene rings is 1. The van der Waals surface area contributed by atoms with Gasteiger partial charge >= 0.3 is 12.1 Å². The number of hydroxylamine groups is 1. The van der Waals surface area contributed by atoms with Crippen molar-refractivity contribution < 1.29 is 19.2 Å². The standard InChI is InChI=1S/C28H38N4O4/c1-27(2,3)35-26(34)31-23(11-20-16-30-22-7-5-4-6-21(20)22)25(33)36-32-24(29)15-28-12-17-8-18(13-28)10-19(9-17)14-28/h4-7,16-19,23,30H,8-15H2,1-3H3,(H2,29,32)(H,31,34)/t17?,18?,19?,23-,28?/m0/s1. The second-order valence-corrected chi connectivity index (χ2v) is 12.4. The number of H-pyrrole nitrogens is 1. The number of fused-ring (bicyclic) bond motifs is 1. The lowest BCUT2D eigenvalue weighted by atomic mass is 9.49. The van der Waals surface area contributed by atoms with E-state index < -0.39 is 23.7 Å². The first kappa shape index (κ1) is 24.7. The van der Waals surface area contributed by atoms with Crippen molar-refractivity contribution in [1.29, 1.82) is 5.41 Å². The summed E-state index contributed by atoms with van der Waals surface area (Å²) in [6.45, 7) is 5.31. The van der Waals surface area contributed by atoms with Crippen LogP contribution >= 0.6 is 0 Å². The molecule has 0 unspecified atom stereocenters. The van der Waals surface area contributed by atoms with E-state index in [4.69, 9.17) is 15.0 Å². The zero-order valence-electron chi connectivity index (χ0n) is 21.5. The molecule has 4 fully saturated rings. The molecular formula is C28H38N4O4. The van der Waals surface area contributed by atoms with Crippen LogP contribution in [0.15, 0.2) is 30.5 Å². The van der Waals surface area contributed by atoms with Crippen LogP contribution in [0.4, 0.5) is 4.79 Å². The van der Waals surface area contributed by atoms with Crippen molar-refractivity contribution in [2.24, 2.45) is 23.2 Å². The van der Waals surface area contributed by atoms with Crippen LogP contribution < -0.4 is 10.8 Å². The molecule has 0 spiro atoms. The molecule has 1 amide bonds. The van der Waals surface area contributed by atoms with E-state index >= 15 is 0 Å². The highest BCUT2D eigenvalue weighted by Crippen LogP contribution is 2.61. The molecule has 4 N–H and O–H groups in total. The van der Waals surface area contributed by atoms with Crippen LogP contribution in [-0.4, -0.2) is 34.5 Å². The second kappa shape index (κ2) is 9.45. The van der Waals surface area contributed by atoms with Gasteiger partial charge in [0, 0.05) is 29.9 Å². The van der Waals surface area contributed by atoms with E-state index in [1.165, 1.54) is 38.5 Å². The van der Waals surface area contributed by atoms with E-state index in [1.807, 2.05) is 30.5 Å². The van der Waals surface area contributed by atoms with Gasteiger partial charge in [-0.3, -0.25) is 5.41 Å². The highest BCUT2D eigenvalue weighted by molar-refractivity contribution is 5.87. The van der Waals surface area contributed by atoms with Gasteiger partial charge in [-0.1, -0.05) is 18.2 Å². The summed E-state index contributed by atoms with van der Waals surface area (Å²) >= 11 is 0. The van der Waals surface area contributed by atoms with Crippen molar-refractivity contribution in [2.75, 3.05) is 0 Å². The zero-order valence-corrected chi connectivity index (χ0v) is 21.5. The van der Waals surface area contributed by atoms with Crippen molar-refractivity contribution in [3.05, 3.63) is 36.0 Å². The van der Waals surface area contributed by atoms with E-state index in [-0.39, 0.29) is 17.7 Å². The molecule has 4 aliphatic rings. The average Bonchev–Trinajstić information content (AvgIpc) is 3.17. The zero-order chi connectivity index (χ0) is 25.5. The molecule has 0 saturated heterocycles. The molecule has 36 heavy (non-hydrogen) atoms. The van der Waals surface area contributed by atoms with Crippen LogP contribution in [0, 0.1) is 28.6 Å². The molecule has 2 aromatic rings. The summed E-state index contributed by atoms with van der Waals surface area (Å²) in [5, 5.41) is 12.2. The summed E-state index contributed by atoms with van der Waals surface area (Å²) in [6.07, 6.45) is 9.57. The SMILES string of the molecule is CC(C)(C)OC(=O)N[C@@H](Cc1c[nH]c2ccccc12)C(=O)ONC(=N)CC12CC3CC(CC(C3)C1)C2. The predicted molar refractivity (Wildman–Crippen MR) is 137 cm³/mol. The predicted octanol–water partition coefficient (Wildman–Crippen LogP) is 5.24. The minimum atomic E-state index is -0.973. The third-order valence-corrected chi connectivity index (χ3v) is 8.07. The Morgan fingerprint density at radius 1 is 1.11 bits per heavy atom. The maximum absolute atomic E-state index is 13.1. The Kier molecular flexibility index (Phi) is 6.47. The number of alkyl carbamates (subject to hydrolysis) is 1. The van der Waals surface area contributed by atoms with Gasteiger partial charge in [0.05, 0.1) is 0 Å². The highest BCUT2D eigenvalue weighted by atomic mass is 16.7. The van der Waals surface area contributed by atoms with Crippen molar-refractivity contribution in [3.63, 3.8) is 0 Å². The first-order valence-corrected chi connectivity index (χ1v) is 13.2. The number of amides is 1. The summed E-state index contributed by atoms with van der Waals surface area (Å²) in [6, 6.07) is 6.82. The first-order chi connectivity index (χ1) is 17.1. The first-order valence-electron chi connectivity index (χ1n) is 13.2. The largest absolute Gasteiger partial charge is 0.444 e. The number of ether oxygens (including phenoxy) is 1. The summed E-state index contributed by atoms with van der Waals surface area (Å²) in [5.41, 5.74) is 3.92. The van der Waals surface area contributed by atoms with Gasteiger partial charge in [-0.25, -0.2) is 15.1 Å². The molecule has 4 saturated carbocycles. The number of hydrogen-bond donors (Lipinski definition) is 4. The molecule has 1 aromatic carbocycles. The second-order valence-electron chi connectivity index (χ2n) is 12.4. The lowest BCUT2D eigenvalue weighted by molar-refractivity contribution is -0.150. The van der Waals surface area contributed by atoms with E-state index in [9.17, 15) is 9.59 Å². The number of carbonyl (C=O) groups is 2. The molecule has 8 heteroatoms. The van der Waals surface area contributed by atoms with Crippen molar-refractivity contribution in [1.82, 2.24) is 15.8 Å². The van der Waals surface area contributed by atoms with Gasteiger partial charge < -0.3 is 19.9 Å². The van der Waals surface area contributed by atoms with Crippen LogP contribution in [0.25, 0.3) is 10.9 Å². The number of nitrogens with one attached hydrogen (secondary N) is 4. The molecule has 194 valence electrons. The molecular weight excluding hydrogens is 456 g/mol. The molecule has 4 aliphatic carbocycles. The van der Waals surface area contributed by atoms with Crippen LogP contribution in [0.2, 0.25) is 0 Å². The third kappa shape index (κ3) is 5.52. The molecule has 4 bridgehead atoms. The Bertz CT molecular complexity index is 1110. The van der Waals surface area contributed by atoms with E-state index in [2.05, 4.69) is 15.8 Å². The van der Waals surface area contributed by atoms with Crippen molar-refractivity contribution in [2.45, 2.75) is 83.8 Å². The Hall–Kier alpha value is -3.03. The number of aromatic amines is 1. The van der Waals surface area contributed by atoms with Gasteiger partial charge in [-0.2, -0.15) is 0 Å². The van der Waals surface area contributed by atoms with Crippen molar-refractivity contribution in [3.8, 4) is 0 Å². The summed E-state index contributed by atoms with van der Waals surface area (Å²) in [4.78, 5) is 34.2. The van der Waals surface area contributed by atoms with Crippen LogP contribution in [0.1, 0.15) is 71.3 Å². The maximum atomic E-state index is 13.1. The Morgan fingerprint density at radius 2 is 1.75 bits per heavy atom. The monoisotopic (exact) mass is 494 g/mol. The fraction of sp³-hybridized carbons (Fsp3) is 0.607. The molecule has 1 heterocycles. The molecule has 0 radical (unpaired) electrons. The van der Waals surface area contributed by atoms with E-state index in [1.54, 1.807) is 20.8 Å². The number of aromatic nitrogens is 1. The highest BCUT2D eigenvalue weighted by Gasteiger charge is 2.51. The van der Waals surface area contributed by atoms with Crippen LogP contribution in [0.3, 0.4) is 0 Å². The number of hydrogen-bond acceptors (Lipinski definition) is 5. The van der Waals surface area contributed by atoms with E-state index in [0.29, 0.717) is 6.42 Å². The average molecular weight is 495 g/mol. The van der Waals surface area contributed by atoms with Crippen molar-refractivity contribution >= 4 is 28.8 Å². The smallest absolute Gasteiger partial charge is 0.408 e. The van der Waals surface area contributed by atoms with Crippen LogP contribution in [0.5, 0.6) is 0 Å². The Morgan fingerprint density at radius 3 is 2.39 bits per heavy atom. The summed E-state index contributed by atoms with van der Waals surface area (Å²) < 4.78 is 5.38. The fourth-order valence-electron chi connectivity index (χ4n) is 7.26. The molecule has 0 aliphatic heterocycles. The maximum Gasteiger partial charge on any atom is 0.408 e. The van der Waals surface area contributed by atoms with Crippen LogP contribution in [-0.2, 0) is 20.8 Å². The summed E-state index contributed by atoms with van der Waals surface area (Å²) in [7, 11) is 0. The molecule has 6 rings (SSSR count). The van der Waals surface area contributed by atoms with Gasteiger partial charge in [0.1, 0.15) is 17.5 Å². The molecule has 1 atom stereocenters. The Labute approximate surface area is 212 Å². The number of para-hydroxylation sites is 1. The fourth-order valence-corrected chi connectivity index (χ4v) is 7.26. The minimum absolute atomic E-state index is 0.170. The number of carbonyl (C=O) groups excluding carboxylic acids is 2. The van der Waals surface area contributed by atoms with Gasteiger partial charge in [0.15, 0.2) is 0 Å². The normalized spacial score (nSPS) is 27.5. The number of amidine groups is 1. The van der Waals surface area contributed by atoms with E-state index in [0.717, 1.165) is 34.2 Å². The van der Waals surface area contributed by atoms with Gasteiger partial charge in [0.25, 0.3) is 0 Å². The lowest BCUT2D eigenvalue weighted by Crippen LogP contribution is -2.49. The quantitative estimate of drug-likeness (QED) is 0.249. The summed E-state index contributed by atoms with van der Waals surface area (Å²) in [5.74, 6) is 1.97. The third-order valence-electron chi connectivity index (χ3n) is 8.07.